The smallest absolute Gasteiger partial charge is 0.321 e. The van der Waals surface area contributed by atoms with Crippen LogP contribution < -0.4 is 5.32 Å². The van der Waals surface area contributed by atoms with Crippen LogP contribution >= 0.6 is 11.6 Å². The van der Waals surface area contributed by atoms with Gasteiger partial charge in [0.1, 0.15) is 0 Å². The third-order valence-corrected chi connectivity index (χ3v) is 2.42. The Hall–Kier alpha value is -1.26. The summed E-state index contributed by atoms with van der Waals surface area (Å²) in [5, 5.41) is 12.8. The van der Waals surface area contributed by atoms with E-state index in [-0.39, 0.29) is 12.6 Å². The van der Waals surface area contributed by atoms with Crippen LogP contribution in [-0.2, 0) is 0 Å². The highest BCUT2D eigenvalue weighted by Gasteiger charge is 2.19. The SMILES string of the molecule is CN(CC(C)(C)O)C(=O)Nc1ccccc1Cl. The number of nitrogens with one attached hydrogen (secondary N) is 1. The number of likely N-dealkylation sites (N-methyl/N-ethyl adjacent to an activating group) is 1. The van der Waals surface area contributed by atoms with Gasteiger partial charge < -0.3 is 15.3 Å². The van der Waals surface area contributed by atoms with Crippen LogP contribution in [0.2, 0.25) is 5.02 Å². The van der Waals surface area contributed by atoms with Gasteiger partial charge in [-0.15, -0.1) is 0 Å². The summed E-state index contributed by atoms with van der Waals surface area (Å²) < 4.78 is 0. The molecule has 0 aliphatic rings. The summed E-state index contributed by atoms with van der Waals surface area (Å²) in [6.07, 6.45) is 0. The third-order valence-electron chi connectivity index (χ3n) is 2.09. The molecule has 0 unspecified atom stereocenters. The number of anilines is 1. The van der Waals surface area contributed by atoms with Crippen molar-refractivity contribution >= 4 is 23.3 Å². The molecule has 2 amide bonds. The number of amides is 2. The van der Waals surface area contributed by atoms with E-state index in [1.807, 2.05) is 0 Å². The summed E-state index contributed by atoms with van der Waals surface area (Å²) >= 11 is 5.92. The van der Waals surface area contributed by atoms with Crippen LogP contribution in [0.4, 0.5) is 10.5 Å². The minimum Gasteiger partial charge on any atom is -0.389 e. The molecule has 94 valence electrons. The van der Waals surface area contributed by atoms with Crippen LogP contribution in [0.25, 0.3) is 0 Å². The molecule has 1 aromatic carbocycles. The number of benzene rings is 1. The summed E-state index contributed by atoms with van der Waals surface area (Å²) in [4.78, 5) is 13.2. The van der Waals surface area contributed by atoms with Crippen LogP contribution in [0.5, 0.6) is 0 Å². The van der Waals surface area contributed by atoms with Gasteiger partial charge in [-0.2, -0.15) is 0 Å². The maximum absolute atomic E-state index is 11.8. The van der Waals surface area contributed by atoms with E-state index in [0.29, 0.717) is 10.7 Å². The van der Waals surface area contributed by atoms with Crippen molar-refractivity contribution in [1.29, 1.82) is 0 Å². The number of rotatable bonds is 3. The molecule has 0 aliphatic heterocycles. The molecule has 0 radical (unpaired) electrons. The molecule has 0 aliphatic carbocycles. The van der Waals surface area contributed by atoms with Gasteiger partial charge in [0.2, 0.25) is 0 Å². The van der Waals surface area contributed by atoms with Gasteiger partial charge >= 0.3 is 6.03 Å². The third kappa shape index (κ3) is 4.63. The number of urea groups is 1. The fraction of sp³-hybridized carbons (Fsp3) is 0.417. The lowest BCUT2D eigenvalue weighted by molar-refractivity contribution is 0.0550. The minimum atomic E-state index is -0.924. The molecular formula is C12H17ClN2O2. The number of carbonyl (C=O) groups excluding carboxylic acids is 1. The van der Waals surface area contributed by atoms with E-state index in [0.717, 1.165) is 0 Å². The number of hydrogen-bond donors (Lipinski definition) is 2. The van der Waals surface area contributed by atoms with Crippen molar-refractivity contribution in [2.45, 2.75) is 19.4 Å². The van der Waals surface area contributed by atoms with Gasteiger partial charge in [-0.05, 0) is 26.0 Å². The lowest BCUT2D eigenvalue weighted by Gasteiger charge is -2.25. The molecule has 2 N–H and O–H groups in total. The average molecular weight is 257 g/mol. The Kier molecular flexibility index (Phi) is 4.37. The number of para-hydroxylation sites is 1. The van der Waals surface area contributed by atoms with Gasteiger partial charge in [0.15, 0.2) is 0 Å². The summed E-state index contributed by atoms with van der Waals surface area (Å²) in [6, 6.07) is 6.70. The second-order valence-electron chi connectivity index (χ2n) is 4.58. The molecule has 4 nitrogen and oxygen atoms in total. The van der Waals surface area contributed by atoms with Crippen LogP contribution in [0.15, 0.2) is 24.3 Å². The summed E-state index contributed by atoms with van der Waals surface area (Å²) in [6.45, 7) is 3.53. The van der Waals surface area contributed by atoms with E-state index in [1.165, 1.54) is 4.90 Å². The predicted molar refractivity (Wildman–Crippen MR) is 69.4 cm³/mol. The Balaban J connectivity index is 2.64. The van der Waals surface area contributed by atoms with Crippen molar-refractivity contribution in [3.63, 3.8) is 0 Å². The fourth-order valence-corrected chi connectivity index (χ4v) is 1.61. The van der Waals surface area contributed by atoms with E-state index >= 15 is 0 Å². The zero-order chi connectivity index (χ0) is 13.1. The van der Waals surface area contributed by atoms with Gasteiger partial charge in [-0.1, -0.05) is 23.7 Å². The molecule has 1 rings (SSSR count). The molecule has 0 bridgehead atoms. The molecule has 17 heavy (non-hydrogen) atoms. The van der Waals surface area contributed by atoms with E-state index in [1.54, 1.807) is 45.2 Å². The Morgan fingerprint density at radius 2 is 2.06 bits per heavy atom. The Bertz CT molecular complexity index is 402. The van der Waals surface area contributed by atoms with Crippen LogP contribution in [0, 0.1) is 0 Å². The molecular weight excluding hydrogens is 240 g/mol. The highest BCUT2D eigenvalue weighted by atomic mass is 35.5. The quantitative estimate of drug-likeness (QED) is 0.873. The van der Waals surface area contributed by atoms with Gasteiger partial charge in [0.25, 0.3) is 0 Å². The normalized spacial score (nSPS) is 11.1. The summed E-state index contributed by atoms with van der Waals surface area (Å²) in [7, 11) is 1.62. The second-order valence-corrected chi connectivity index (χ2v) is 4.99. The Labute approximate surface area is 106 Å². The first-order valence-electron chi connectivity index (χ1n) is 5.28. The first kappa shape index (κ1) is 13.8. The number of carbonyl (C=O) groups is 1. The average Bonchev–Trinajstić information content (AvgIpc) is 2.18. The number of nitrogens with zero attached hydrogens (tertiary/aromatic N) is 1. The first-order chi connectivity index (χ1) is 7.79. The molecule has 1 aromatic rings. The molecule has 0 atom stereocenters. The van der Waals surface area contributed by atoms with Crippen LogP contribution in [0.1, 0.15) is 13.8 Å². The van der Waals surface area contributed by atoms with Crippen LogP contribution in [-0.4, -0.2) is 35.2 Å². The number of aliphatic hydroxyl groups is 1. The highest BCUT2D eigenvalue weighted by molar-refractivity contribution is 6.33. The van der Waals surface area contributed by atoms with E-state index in [9.17, 15) is 9.90 Å². The van der Waals surface area contributed by atoms with Crippen molar-refractivity contribution in [3.05, 3.63) is 29.3 Å². The molecule has 0 saturated carbocycles. The minimum absolute atomic E-state index is 0.239. The van der Waals surface area contributed by atoms with Gasteiger partial charge in [-0.25, -0.2) is 4.79 Å². The zero-order valence-corrected chi connectivity index (χ0v) is 11.0. The lowest BCUT2D eigenvalue weighted by atomic mass is 10.1. The zero-order valence-electron chi connectivity index (χ0n) is 10.2. The van der Waals surface area contributed by atoms with Crippen LogP contribution in [0.3, 0.4) is 0 Å². The van der Waals surface area contributed by atoms with Crippen molar-refractivity contribution in [3.8, 4) is 0 Å². The molecule has 0 aromatic heterocycles. The van der Waals surface area contributed by atoms with E-state index in [4.69, 9.17) is 11.6 Å². The maximum Gasteiger partial charge on any atom is 0.321 e. The van der Waals surface area contributed by atoms with Crippen molar-refractivity contribution in [2.24, 2.45) is 0 Å². The number of hydrogen-bond acceptors (Lipinski definition) is 2. The standard InChI is InChI=1S/C12H17ClN2O2/c1-12(2,17)8-15(3)11(16)14-10-7-5-4-6-9(10)13/h4-7,17H,8H2,1-3H3,(H,14,16). The van der Waals surface area contributed by atoms with E-state index in [2.05, 4.69) is 5.32 Å². The molecule has 0 spiro atoms. The van der Waals surface area contributed by atoms with Crippen molar-refractivity contribution < 1.29 is 9.90 Å². The Morgan fingerprint density at radius 3 is 2.59 bits per heavy atom. The van der Waals surface area contributed by atoms with Gasteiger partial charge in [0, 0.05) is 7.05 Å². The monoisotopic (exact) mass is 256 g/mol. The number of halogens is 1. The summed E-state index contributed by atoms with van der Waals surface area (Å²) in [5.41, 5.74) is -0.367. The molecule has 0 heterocycles. The second kappa shape index (κ2) is 5.38. The molecule has 5 heteroatoms. The largest absolute Gasteiger partial charge is 0.389 e. The maximum atomic E-state index is 11.8. The fourth-order valence-electron chi connectivity index (χ4n) is 1.43. The predicted octanol–water partition coefficient (Wildman–Crippen LogP) is 2.57. The Morgan fingerprint density at radius 1 is 1.47 bits per heavy atom. The van der Waals surface area contributed by atoms with Crippen molar-refractivity contribution in [2.75, 3.05) is 18.9 Å². The molecule has 0 saturated heterocycles. The highest BCUT2D eigenvalue weighted by Crippen LogP contribution is 2.20. The lowest BCUT2D eigenvalue weighted by Crippen LogP contribution is -2.41. The summed E-state index contributed by atoms with van der Waals surface area (Å²) in [5.74, 6) is 0. The first-order valence-corrected chi connectivity index (χ1v) is 5.66. The molecule has 0 fully saturated rings. The topological polar surface area (TPSA) is 52.6 Å². The van der Waals surface area contributed by atoms with Crippen molar-refractivity contribution in [1.82, 2.24) is 4.90 Å². The van der Waals surface area contributed by atoms with Gasteiger partial charge in [0.05, 0.1) is 22.9 Å². The van der Waals surface area contributed by atoms with E-state index < -0.39 is 5.60 Å². The van der Waals surface area contributed by atoms with Gasteiger partial charge in [-0.3, -0.25) is 0 Å².